The molecule has 1 aliphatic heterocycles. The van der Waals surface area contributed by atoms with E-state index in [0.29, 0.717) is 34.6 Å². The number of carboxylic acid groups (broad SMARTS) is 2. The van der Waals surface area contributed by atoms with E-state index in [1.54, 1.807) is 13.3 Å². The van der Waals surface area contributed by atoms with Crippen molar-refractivity contribution in [3.63, 3.8) is 0 Å². The van der Waals surface area contributed by atoms with Gasteiger partial charge in [-0.3, -0.25) is 4.68 Å². The van der Waals surface area contributed by atoms with E-state index in [-0.39, 0.29) is 0 Å². The number of aromatic nitrogens is 4. The Bertz CT molecular complexity index is 1540. The lowest BCUT2D eigenvalue weighted by atomic mass is 10.1. The van der Waals surface area contributed by atoms with Gasteiger partial charge in [0.1, 0.15) is 17.1 Å². The second-order valence-electron chi connectivity index (χ2n) is 8.81. The fraction of sp³-hybridized carbons (Fsp3) is 0.320. The van der Waals surface area contributed by atoms with E-state index in [1.807, 2.05) is 30.5 Å². The minimum atomic E-state index is -5.08. The molecule has 0 spiro atoms. The molecule has 0 aliphatic carbocycles. The Hall–Kier alpha value is -4.87. The van der Waals surface area contributed by atoms with Crippen LogP contribution in [0.3, 0.4) is 0 Å². The van der Waals surface area contributed by atoms with Gasteiger partial charge in [0.05, 0.1) is 24.9 Å². The van der Waals surface area contributed by atoms with Gasteiger partial charge in [-0.25, -0.2) is 19.6 Å². The summed E-state index contributed by atoms with van der Waals surface area (Å²) >= 11 is 0. The van der Waals surface area contributed by atoms with Crippen molar-refractivity contribution in [2.45, 2.75) is 31.2 Å². The van der Waals surface area contributed by atoms with Crippen molar-refractivity contribution in [2.75, 3.05) is 25.9 Å². The number of nitrogens with zero attached hydrogens (tertiary/aromatic N) is 4. The molecule has 12 nitrogen and oxygen atoms in total. The number of nitrogen functional groups attached to an aromatic ring is 1. The zero-order valence-corrected chi connectivity index (χ0v) is 22.1. The Kier molecular flexibility index (Phi) is 10.2. The van der Waals surface area contributed by atoms with Gasteiger partial charge in [-0.2, -0.15) is 31.4 Å². The van der Waals surface area contributed by atoms with Crippen LogP contribution in [0, 0.1) is 0 Å². The van der Waals surface area contributed by atoms with Crippen LogP contribution in [0.1, 0.15) is 18.9 Å². The number of ether oxygens (including phenoxy) is 1. The van der Waals surface area contributed by atoms with Crippen molar-refractivity contribution in [1.82, 2.24) is 25.1 Å². The van der Waals surface area contributed by atoms with Crippen LogP contribution in [0.15, 0.2) is 47.3 Å². The maximum atomic E-state index is 10.6. The van der Waals surface area contributed by atoms with Crippen molar-refractivity contribution >= 4 is 28.9 Å². The zero-order chi connectivity index (χ0) is 31.9. The van der Waals surface area contributed by atoms with Crippen LogP contribution < -0.4 is 15.8 Å². The highest BCUT2D eigenvalue weighted by Gasteiger charge is 2.38. The first-order chi connectivity index (χ1) is 20.1. The van der Waals surface area contributed by atoms with Crippen LogP contribution >= 0.6 is 0 Å². The molecular weight excluding hydrogens is 594 g/mol. The number of nitrogens with two attached hydrogens (primary N) is 1. The quantitative estimate of drug-likeness (QED) is 0.236. The van der Waals surface area contributed by atoms with Crippen molar-refractivity contribution in [3.05, 3.63) is 42.9 Å². The van der Waals surface area contributed by atoms with Gasteiger partial charge in [-0.15, -0.1) is 0 Å². The van der Waals surface area contributed by atoms with E-state index in [2.05, 4.69) is 31.3 Å². The molecule has 18 heteroatoms. The summed E-state index contributed by atoms with van der Waals surface area (Å²) in [5.74, 6) is -3.99. The molecule has 0 saturated carbocycles. The molecule has 0 bridgehead atoms. The van der Waals surface area contributed by atoms with Gasteiger partial charge in [0.15, 0.2) is 5.58 Å². The number of aliphatic carboxylic acids is 2. The average Bonchev–Trinajstić information content (AvgIpc) is 3.61. The van der Waals surface area contributed by atoms with Crippen LogP contribution in [-0.2, 0) is 9.59 Å². The topological polar surface area (TPSA) is 179 Å². The van der Waals surface area contributed by atoms with E-state index in [1.165, 1.54) is 0 Å². The van der Waals surface area contributed by atoms with Crippen LogP contribution in [-0.4, -0.2) is 74.5 Å². The summed E-state index contributed by atoms with van der Waals surface area (Å²) in [6.07, 6.45) is -2.30. The highest BCUT2D eigenvalue weighted by molar-refractivity contribution is 5.81. The average molecular weight is 618 g/mol. The third-order valence-corrected chi connectivity index (χ3v) is 5.85. The van der Waals surface area contributed by atoms with Crippen molar-refractivity contribution in [1.29, 1.82) is 0 Å². The van der Waals surface area contributed by atoms with Gasteiger partial charge < -0.3 is 30.4 Å². The molecule has 1 saturated heterocycles. The molecule has 0 unspecified atom stereocenters. The molecule has 5 rings (SSSR count). The second-order valence-corrected chi connectivity index (χ2v) is 8.81. The molecule has 0 atom stereocenters. The second kappa shape index (κ2) is 13.4. The molecular formula is C25H24F6N6O6. The summed E-state index contributed by atoms with van der Waals surface area (Å²) in [6, 6.07) is 7.90. The molecule has 5 N–H and O–H groups in total. The first-order valence-corrected chi connectivity index (χ1v) is 12.2. The van der Waals surface area contributed by atoms with Gasteiger partial charge in [-0.05, 0) is 44.1 Å². The smallest absolute Gasteiger partial charge is 0.490 e. The third-order valence-electron chi connectivity index (χ3n) is 5.85. The number of benzene rings is 1. The maximum absolute atomic E-state index is 10.6. The molecule has 1 fully saturated rings. The van der Waals surface area contributed by atoms with Crippen molar-refractivity contribution in [2.24, 2.45) is 0 Å². The van der Waals surface area contributed by atoms with Gasteiger partial charge in [0.25, 0.3) is 0 Å². The lowest BCUT2D eigenvalue weighted by Crippen LogP contribution is -2.29. The fourth-order valence-electron chi connectivity index (χ4n) is 3.71. The summed E-state index contributed by atoms with van der Waals surface area (Å²) in [5, 5.41) is 22.2. The molecule has 0 radical (unpaired) electrons. The number of halogens is 6. The summed E-state index contributed by atoms with van der Waals surface area (Å²) in [7, 11) is 1.62. The number of methoxy groups -OCH3 is 1. The van der Waals surface area contributed by atoms with Gasteiger partial charge >= 0.3 is 24.3 Å². The summed E-state index contributed by atoms with van der Waals surface area (Å²) in [6.45, 7) is 2.05. The number of nitrogens with one attached hydrogen (secondary N) is 1. The number of rotatable bonds is 4. The lowest BCUT2D eigenvalue weighted by molar-refractivity contribution is -0.193. The lowest BCUT2D eigenvalue weighted by Gasteiger charge is -2.22. The number of carbonyl (C=O) groups is 2. The SMILES string of the molecule is COc1ccc2nc(-c3cc(-c4cnn(C5CCNCC5)c4)cnc3N)oc2c1.O=C(O)C(F)(F)F.O=C(O)C(F)(F)F. The Balaban J connectivity index is 0.000000303. The largest absolute Gasteiger partial charge is 0.497 e. The van der Waals surface area contributed by atoms with E-state index in [4.69, 9.17) is 34.7 Å². The predicted octanol–water partition coefficient (Wildman–Crippen LogP) is 4.54. The molecule has 43 heavy (non-hydrogen) atoms. The molecule has 1 aliphatic rings. The first kappa shape index (κ1) is 32.6. The van der Waals surface area contributed by atoms with Crippen LogP contribution in [0.25, 0.3) is 33.7 Å². The molecule has 0 amide bonds. The number of alkyl halides is 6. The highest BCUT2D eigenvalue weighted by atomic mass is 19.4. The van der Waals surface area contributed by atoms with Gasteiger partial charge in [-0.1, -0.05) is 0 Å². The van der Waals surface area contributed by atoms with Crippen molar-refractivity contribution < 1.29 is 55.3 Å². The minimum absolute atomic E-state index is 0.373. The molecule has 3 aromatic heterocycles. The molecule has 232 valence electrons. The zero-order valence-electron chi connectivity index (χ0n) is 22.1. The summed E-state index contributed by atoms with van der Waals surface area (Å²) in [4.78, 5) is 26.7. The maximum Gasteiger partial charge on any atom is 0.490 e. The Morgan fingerprint density at radius 3 is 2.19 bits per heavy atom. The fourth-order valence-corrected chi connectivity index (χ4v) is 3.71. The minimum Gasteiger partial charge on any atom is -0.497 e. The number of fused-ring (bicyclic) bond motifs is 1. The van der Waals surface area contributed by atoms with E-state index in [9.17, 15) is 26.3 Å². The third kappa shape index (κ3) is 8.81. The van der Waals surface area contributed by atoms with E-state index < -0.39 is 24.3 Å². The number of carboxylic acids is 2. The number of hydrogen-bond donors (Lipinski definition) is 4. The van der Waals surface area contributed by atoms with Gasteiger partial charge in [0, 0.05) is 29.6 Å². The highest BCUT2D eigenvalue weighted by Crippen LogP contribution is 2.33. The van der Waals surface area contributed by atoms with Crippen LogP contribution in [0.4, 0.5) is 32.2 Å². The standard InChI is InChI=1S/C21H22N6O2.2C2HF3O2/c1-28-16-2-3-18-19(9-16)29-21(26-18)17-8-13(10-24-20(17)22)14-11-25-27(12-14)15-4-6-23-7-5-15;2*3-2(4,5)1(6)7/h2-3,8-12,15,23H,4-7H2,1H3,(H2,22,24);2*(H,6,7). The van der Waals surface area contributed by atoms with Crippen molar-refractivity contribution in [3.8, 4) is 28.3 Å². The Morgan fingerprint density at radius 2 is 1.63 bits per heavy atom. The number of piperidine rings is 1. The van der Waals surface area contributed by atoms with E-state index >= 15 is 0 Å². The Morgan fingerprint density at radius 1 is 1.02 bits per heavy atom. The normalized spacial score (nSPS) is 13.8. The molecule has 4 aromatic rings. The molecule has 4 heterocycles. The predicted molar refractivity (Wildman–Crippen MR) is 138 cm³/mol. The van der Waals surface area contributed by atoms with Crippen LogP contribution in [0.2, 0.25) is 0 Å². The monoisotopic (exact) mass is 618 g/mol. The van der Waals surface area contributed by atoms with Crippen LogP contribution in [0.5, 0.6) is 5.75 Å². The first-order valence-electron chi connectivity index (χ1n) is 12.2. The Labute approximate surface area is 238 Å². The number of pyridine rings is 1. The summed E-state index contributed by atoms with van der Waals surface area (Å²) < 4.78 is 76.7. The van der Waals surface area contributed by atoms with Gasteiger partial charge in [0.2, 0.25) is 5.89 Å². The number of hydrogen-bond acceptors (Lipinski definition) is 9. The molecule has 1 aromatic carbocycles. The van der Waals surface area contributed by atoms with E-state index in [0.717, 1.165) is 42.6 Å². The number of oxazole rings is 1. The number of anilines is 1. The summed E-state index contributed by atoms with van der Waals surface area (Å²) in [5.41, 5.74) is 10.1.